The van der Waals surface area contributed by atoms with Crippen LogP contribution in [0.15, 0.2) is 28.4 Å². The molecule has 0 unspecified atom stereocenters. The van der Waals surface area contributed by atoms with E-state index < -0.39 is 5.60 Å². The van der Waals surface area contributed by atoms with Crippen molar-refractivity contribution >= 4 is 22.6 Å². The van der Waals surface area contributed by atoms with Crippen LogP contribution in [0, 0.1) is 17.3 Å². The second-order valence-corrected chi connectivity index (χ2v) is 9.31. The first-order valence-electron chi connectivity index (χ1n) is 9.87. The van der Waals surface area contributed by atoms with E-state index in [9.17, 15) is 10.2 Å². The minimum Gasteiger partial charge on any atom is -0.508 e. The van der Waals surface area contributed by atoms with Gasteiger partial charge < -0.3 is 14.9 Å². The molecule has 0 heterocycles. The molecule has 26 heavy (non-hydrogen) atoms. The van der Waals surface area contributed by atoms with E-state index in [1.807, 2.05) is 22.3 Å². The summed E-state index contributed by atoms with van der Waals surface area (Å²) in [6.45, 7) is 5.05. The van der Waals surface area contributed by atoms with Crippen LogP contribution in [0.25, 0.3) is 0 Å². The third kappa shape index (κ3) is 2.67. The maximum atomic E-state index is 11.5. The van der Waals surface area contributed by atoms with Gasteiger partial charge in [-0.05, 0) is 84.3 Å². The zero-order chi connectivity index (χ0) is 18.5. The van der Waals surface area contributed by atoms with Crippen LogP contribution in [-0.2, 0) is 11.2 Å². The van der Waals surface area contributed by atoms with Gasteiger partial charge in [0.15, 0.2) is 0 Å². The number of aryl methyl sites for hydroxylation is 1. The standard InChI is InChI=1S/C22H29IO3/c1-3-26-19-13-21(2)18(8-9-22(21,25)10-11-23)17-6-4-14-12-15(24)5-7-16(14)20(17)19/h5,7,10-12,17-20,24-25H,3-4,6,8-9,13H2,1-2H3/b11-10+/t17-,18-,19-,20+,21-,22+/m0/s1/i23-2. The molecule has 2 N–H and O–H groups in total. The largest absolute Gasteiger partial charge is 0.508 e. The highest BCUT2D eigenvalue weighted by atomic mass is 125. The van der Waals surface area contributed by atoms with Crippen molar-refractivity contribution in [1.29, 1.82) is 0 Å². The Morgan fingerprint density at radius 2 is 2.15 bits per heavy atom. The number of fused-ring (bicyclic) bond motifs is 5. The molecule has 6 atom stereocenters. The van der Waals surface area contributed by atoms with Gasteiger partial charge >= 0.3 is 0 Å². The van der Waals surface area contributed by atoms with Gasteiger partial charge in [-0.1, -0.05) is 35.6 Å². The number of aromatic hydroxyl groups is 1. The fourth-order valence-corrected chi connectivity index (χ4v) is 7.00. The number of aliphatic hydroxyl groups is 1. The van der Waals surface area contributed by atoms with Crippen molar-refractivity contribution in [2.24, 2.45) is 17.3 Å². The monoisotopic (exact) mass is 466 g/mol. The third-order valence-electron chi connectivity index (χ3n) is 7.60. The van der Waals surface area contributed by atoms with E-state index in [-0.39, 0.29) is 11.5 Å². The molecule has 0 aromatic heterocycles. The van der Waals surface area contributed by atoms with Crippen LogP contribution in [0.3, 0.4) is 0 Å². The van der Waals surface area contributed by atoms with E-state index in [1.54, 1.807) is 0 Å². The van der Waals surface area contributed by atoms with Gasteiger partial charge in [-0.3, -0.25) is 0 Å². The lowest BCUT2D eigenvalue weighted by Crippen LogP contribution is -2.54. The lowest BCUT2D eigenvalue weighted by atomic mass is 9.52. The van der Waals surface area contributed by atoms with Crippen molar-refractivity contribution in [1.82, 2.24) is 0 Å². The number of halogens is 1. The van der Waals surface area contributed by atoms with Crippen molar-refractivity contribution in [2.75, 3.05) is 6.61 Å². The zero-order valence-corrected chi connectivity index (χ0v) is 17.8. The first-order valence-corrected chi connectivity index (χ1v) is 11.1. The Kier molecular flexibility index (Phi) is 4.89. The van der Waals surface area contributed by atoms with Crippen molar-refractivity contribution in [3.63, 3.8) is 0 Å². The number of hydrogen-bond acceptors (Lipinski definition) is 3. The maximum absolute atomic E-state index is 11.5. The molecule has 0 aliphatic heterocycles. The van der Waals surface area contributed by atoms with Crippen LogP contribution in [-0.4, -0.2) is 28.5 Å². The molecule has 3 aliphatic carbocycles. The van der Waals surface area contributed by atoms with Crippen molar-refractivity contribution < 1.29 is 14.9 Å². The van der Waals surface area contributed by atoms with Crippen molar-refractivity contribution in [2.45, 2.75) is 63.6 Å². The molecule has 0 amide bonds. The zero-order valence-electron chi connectivity index (χ0n) is 15.6. The van der Waals surface area contributed by atoms with Crippen molar-refractivity contribution in [3.8, 4) is 5.75 Å². The topological polar surface area (TPSA) is 49.7 Å². The molecule has 0 spiro atoms. The number of hydrogen-bond donors (Lipinski definition) is 2. The smallest absolute Gasteiger partial charge is 0.115 e. The Balaban J connectivity index is 1.78. The molecule has 0 radical (unpaired) electrons. The summed E-state index contributed by atoms with van der Waals surface area (Å²) in [5.41, 5.74) is 1.78. The summed E-state index contributed by atoms with van der Waals surface area (Å²) in [6, 6.07) is 5.87. The van der Waals surface area contributed by atoms with E-state index in [4.69, 9.17) is 4.74 Å². The second-order valence-electron chi connectivity index (χ2n) is 8.59. The van der Waals surface area contributed by atoms with Gasteiger partial charge in [-0.25, -0.2) is 0 Å². The first-order chi connectivity index (χ1) is 12.4. The Morgan fingerprint density at radius 3 is 2.88 bits per heavy atom. The van der Waals surface area contributed by atoms with Crippen LogP contribution >= 0.6 is 22.6 Å². The Labute approximate surface area is 170 Å². The summed E-state index contributed by atoms with van der Waals surface area (Å²) < 4.78 is 8.26. The van der Waals surface area contributed by atoms with Gasteiger partial charge in [0.25, 0.3) is 0 Å². The minimum atomic E-state index is -0.728. The number of ether oxygens (including phenoxy) is 1. The molecule has 4 rings (SSSR count). The number of phenols is 1. The molecule has 142 valence electrons. The molecule has 1 aromatic carbocycles. The van der Waals surface area contributed by atoms with Gasteiger partial charge in [0.05, 0.1) is 11.7 Å². The van der Waals surface area contributed by atoms with Gasteiger partial charge in [0.2, 0.25) is 0 Å². The minimum absolute atomic E-state index is 0.127. The van der Waals surface area contributed by atoms with Crippen LogP contribution in [0.2, 0.25) is 0 Å². The summed E-state index contributed by atoms with van der Waals surface area (Å²) in [5, 5.41) is 21.4. The predicted octanol–water partition coefficient (Wildman–Crippen LogP) is 4.94. The van der Waals surface area contributed by atoms with E-state index in [0.29, 0.717) is 30.1 Å². The Bertz CT molecular complexity index is 717. The van der Waals surface area contributed by atoms with Crippen LogP contribution in [0.1, 0.15) is 56.6 Å². The fourth-order valence-electron chi connectivity index (χ4n) is 6.41. The first kappa shape index (κ1) is 18.8. The number of phenolic OH excluding ortho intramolecular Hbond substituents is 1. The molecular weight excluding hydrogens is 437 g/mol. The highest BCUT2D eigenvalue weighted by Crippen LogP contribution is 2.65. The molecule has 3 nitrogen and oxygen atoms in total. The van der Waals surface area contributed by atoms with Crippen LogP contribution in [0.4, 0.5) is 0 Å². The summed E-state index contributed by atoms with van der Waals surface area (Å²) >= 11 is 2.22. The van der Waals surface area contributed by atoms with Gasteiger partial charge in [0.1, 0.15) is 5.75 Å². The molecule has 3 aliphatic rings. The highest BCUT2D eigenvalue weighted by Gasteiger charge is 2.63. The fraction of sp³-hybridized carbons (Fsp3) is 0.636. The van der Waals surface area contributed by atoms with E-state index in [1.165, 1.54) is 11.1 Å². The number of rotatable bonds is 3. The van der Waals surface area contributed by atoms with E-state index in [2.05, 4.69) is 42.5 Å². The summed E-state index contributed by atoms with van der Waals surface area (Å²) in [7, 11) is 0. The van der Waals surface area contributed by atoms with E-state index in [0.717, 1.165) is 32.1 Å². The summed E-state index contributed by atoms with van der Waals surface area (Å²) in [6.07, 6.45) is 7.10. The SMILES string of the molecule is CCO[C@H]1C[C@@]2(C)[C@@H](CC[C@@]2(O)/C=C/[125I])[C@@H]2CCc3cc(O)ccc3[C@H]21. The maximum Gasteiger partial charge on any atom is 0.115 e. The predicted molar refractivity (Wildman–Crippen MR) is 112 cm³/mol. The lowest BCUT2D eigenvalue weighted by molar-refractivity contribution is -0.127. The number of benzene rings is 1. The molecule has 2 saturated carbocycles. The average molecular weight is 466 g/mol. The van der Waals surface area contributed by atoms with Gasteiger partial charge in [-0.2, -0.15) is 0 Å². The molecule has 0 bridgehead atoms. The molecule has 4 heteroatoms. The lowest BCUT2D eigenvalue weighted by Gasteiger charge is -2.55. The summed E-state index contributed by atoms with van der Waals surface area (Å²) in [4.78, 5) is 0. The summed E-state index contributed by atoms with van der Waals surface area (Å²) in [5.74, 6) is 1.80. The second kappa shape index (κ2) is 6.78. The average Bonchev–Trinajstić information content (AvgIpc) is 2.86. The molecule has 0 saturated heterocycles. The molecular formula is C22H29IO3. The van der Waals surface area contributed by atoms with Gasteiger partial charge in [0, 0.05) is 17.9 Å². The van der Waals surface area contributed by atoms with Gasteiger partial charge in [-0.15, -0.1) is 0 Å². The Hall–Kier alpha value is -0.590. The molecule has 2 fully saturated rings. The van der Waals surface area contributed by atoms with E-state index >= 15 is 0 Å². The molecule has 1 aromatic rings. The quantitative estimate of drug-likeness (QED) is 0.621. The van der Waals surface area contributed by atoms with Crippen LogP contribution in [0.5, 0.6) is 5.75 Å². The van der Waals surface area contributed by atoms with Crippen molar-refractivity contribution in [3.05, 3.63) is 39.5 Å². The van der Waals surface area contributed by atoms with Crippen LogP contribution < -0.4 is 0 Å². The normalized spacial score (nSPS) is 41.7. The highest BCUT2D eigenvalue weighted by molar-refractivity contribution is 14.1. The Morgan fingerprint density at radius 1 is 1.35 bits per heavy atom. The third-order valence-corrected chi connectivity index (χ3v) is 7.96.